The van der Waals surface area contributed by atoms with Gasteiger partial charge < -0.3 is 5.32 Å². The van der Waals surface area contributed by atoms with Crippen LogP contribution in [0.2, 0.25) is 5.02 Å². The van der Waals surface area contributed by atoms with E-state index in [0.717, 1.165) is 16.2 Å². The highest BCUT2D eigenvalue weighted by Gasteiger charge is 2.35. The molecule has 0 spiro atoms. The molecule has 2 rings (SSSR count). The highest BCUT2D eigenvalue weighted by molar-refractivity contribution is 9.10. The summed E-state index contributed by atoms with van der Waals surface area (Å²) in [6, 6.07) is 2.44. The molecule has 2 nitrogen and oxygen atoms in total. The Morgan fingerprint density at radius 1 is 1.71 bits per heavy atom. The van der Waals surface area contributed by atoms with Crippen molar-refractivity contribution in [3.8, 4) is 0 Å². The van der Waals surface area contributed by atoms with Gasteiger partial charge in [-0.05, 0) is 34.3 Å². The van der Waals surface area contributed by atoms with Crippen LogP contribution in [0.15, 0.2) is 16.7 Å². The van der Waals surface area contributed by atoms with Gasteiger partial charge in [-0.25, -0.2) is 4.98 Å². The van der Waals surface area contributed by atoms with E-state index in [4.69, 9.17) is 11.6 Å². The molecule has 0 radical (unpaired) electrons. The van der Waals surface area contributed by atoms with Crippen molar-refractivity contribution in [1.82, 2.24) is 4.98 Å². The van der Waals surface area contributed by atoms with Crippen LogP contribution in [-0.2, 0) is 0 Å². The lowest BCUT2D eigenvalue weighted by atomic mass is 10.3. The van der Waals surface area contributed by atoms with Crippen LogP contribution in [0.5, 0.6) is 0 Å². The number of hydrogen-bond donors (Lipinski definition) is 1. The Morgan fingerprint density at radius 2 is 2.50 bits per heavy atom. The Morgan fingerprint density at radius 3 is 3.07 bits per heavy atom. The van der Waals surface area contributed by atoms with Crippen molar-refractivity contribution in [2.75, 3.05) is 5.32 Å². The van der Waals surface area contributed by atoms with E-state index in [-0.39, 0.29) is 0 Å². The van der Waals surface area contributed by atoms with E-state index in [1.165, 1.54) is 12.8 Å². The predicted octanol–water partition coefficient (Wildman–Crippen LogP) is 3.71. The zero-order valence-electron chi connectivity index (χ0n) is 7.93. The molecule has 2 unspecified atom stereocenters. The maximum Gasteiger partial charge on any atom is 0.145 e. The van der Waals surface area contributed by atoms with Gasteiger partial charge in [-0.1, -0.05) is 24.9 Å². The number of aromatic nitrogens is 1. The minimum absolute atomic E-state index is 0.575. The quantitative estimate of drug-likeness (QED) is 0.909. The minimum atomic E-state index is 0.575. The monoisotopic (exact) mass is 274 g/mol. The summed E-state index contributed by atoms with van der Waals surface area (Å²) in [5, 5.41) is 4.03. The van der Waals surface area contributed by atoms with Crippen LogP contribution in [0.3, 0.4) is 0 Å². The van der Waals surface area contributed by atoms with Crippen molar-refractivity contribution < 1.29 is 0 Å². The van der Waals surface area contributed by atoms with Gasteiger partial charge in [-0.3, -0.25) is 0 Å². The fraction of sp³-hybridized carbons (Fsp3) is 0.500. The van der Waals surface area contributed by atoms with Crippen LogP contribution in [0, 0.1) is 5.92 Å². The van der Waals surface area contributed by atoms with Gasteiger partial charge in [0.25, 0.3) is 0 Å². The second kappa shape index (κ2) is 4.07. The molecule has 1 heterocycles. The summed E-state index contributed by atoms with van der Waals surface area (Å²) < 4.78 is 0.913. The third-order valence-electron chi connectivity index (χ3n) is 2.58. The highest BCUT2D eigenvalue weighted by Crippen LogP contribution is 2.37. The second-order valence-corrected chi connectivity index (χ2v) is 4.96. The lowest BCUT2D eigenvalue weighted by Crippen LogP contribution is -2.06. The van der Waals surface area contributed by atoms with E-state index in [2.05, 4.69) is 33.2 Å². The number of nitrogens with one attached hydrogen (secondary N) is 1. The van der Waals surface area contributed by atoms with Gasteiger partial charge in [0.1, 0.15) is 5.82 Å². The van der Waals surface area contributed by atoms with E-state index in [1.54, 1.807) is 6.20 Å². The second-order valence-electron chi connectivity index (χ2n) is 3.64. The van der Waals surface area contributed by atoms with Gasteiger partial charge in [-0.2, -0.15) is 0 Å². The van der Waals surface area contributed by atoms with Crippen molar-refractivity contribution in [3.05, 3.63) is 21.8 Å². The van der Waals surface area contributed by atoms with E-state index in [9.17, 15) is 0 Å². The summed E-state index contributed by atoms with van der Waals surface area (Å²) >= 11 is 9.37. The molecule has 0 aromatic carbocycles. The molecule has 1 aromatic heterocycles. The molecule has 14 heavy (non-hydrogen) atoms. The van der Waals surface area contributed by atoms with E-state index < -0.39 is 0 Å². The highest BCUT2D eigenvalue weighted by atomic mass is 79.9. The Labute approximate surface area is 97.2 Å². The van der Waals surface area contributed by atoms with Crippen molar-refractivity contribution in [1.29, 1.82) is 0 Å². The molecular formula is C10H12BrClN2. The average Bonchev–Trinajstić information content (AvgIpc) is 2.89. The average molecular weight is 276 g/mol. The lowest BCUT2D eigenvalue weighted by molar-refractivity contribution is 0.773. The Hall–Kier alpha value is -0.280. The number of anilines is 1. The first kappa shape index (κ1) is 10.2. The van der Waals surface area contributed by atoms with Gasteiger partial charge in [0.05, 0.1) is 5.02 Å². The zero-order chi connectivity index (χ0) is 10.1. The Kier molecular flexibility index (Phi) is 2.98. The van der Waals surface area contributed by atoms with Crippen molar-refractivity contribution in [2.45, 2.75) is 25.8 Å². The van der Waals surface area contributed by atoms with Crippen molar-refractivity contribution >= 4 is 33.3 Å². The third kappa shape index (κ3) is 2.20. The van der Waals surface area contributed by atoms with E-state index in [1.807, 2.05) is 6.07 Å². The number of nitrogens with zero attached hydrogens (tertiary/aromatic N) is 1. The molecule has 0 amide bonds. The first-order valence-corrected chi connectivity index (χ1v) is 5.95. The van der Waals surface area contributed by atoms with Crippen LogP contribution in [0.1, 0.15) is 19.8 Å². The molecule has 1 saturated carbocycles. The number of pyridine rings is 1. The fourth-order valence-corrected chi connectivity index (χ4v) is 2.26. The first-order valence-electron chi connectivity index (χ1n) is 4.78. The molecule has 2 atom stereocenters. The summed E-state index contributed by atoms with van der Waals surface area (Å²) in [6.07, 6.45) is 4.23. The first-order chi connectivity index (χ1) is 6.70. The van der Waals surface area contributed by atoms with E-state index in [0.29, 0.717) is 11.1 Å². The number of hydrogen-bond acceptors (Lipinski definition) is 2. The molecule has 0 bridgehead atoms. The molecule has 76 valence electrons. The normalized spacial score (nSPS) is 24.8. The summed E-state index contributed by atoms with van der Waals surface area (Å²) in [5.74, 6) is 1.60. The molecule has 0 aliphatic heterocycles. The molecule has 1 aromatic rings. The largest absolute Gasteiger partial charge is 0.366 e. The molecule has 4 heteroatoms. The summed E-state index contributed by atoms with van der Waals surface area (Å²) in [4.78, 5) is 4.24. The van der Waals surface area contributed by atoms with Gasteiger partial charge in [0.15, 0.2) is 0 Å². The van der Waals surface area contributed by atoms with Gasteiger partial charge in [-0.15, -0.1) is 0 Å². The molecule has 1 aliphatic carbocycles. The molecular weight excluding hydrogens is 263 g/mol. The lowest BCUT2D eigenvalue weighted by Gasteiger charge is -2.06. The molecule has 1 aliphatic rings. The number of rotatable bonds is 3. The molecule has 1 N–H and O–H groups in total. The van der Waals surface area contributed by atoms with Gasteiger partial charge >= 0.3 is 0 Å². The zero-order valence-corrected chi connectivity index (χ0v) is 10.3. The van der Waals surface area contributed by atoms with Crippen LogP contribution in [0.25, 0.3) is 0 Å². The predicted molar refractivity (Wildman–Crippen MR) is 62.8 cm³/mol. The SMILES string of the molecule is CCC1CC1Nc1ncc(Br)cc1Cl. The topological polar surface area (TPSA) is 24.9 Å². The molecule has 1 fully saturated rings. The molecule has 0 saturated heterocycles. The van der Waals surface area contributed by atoms with Crippen LogP contribution in [0.4, 0.5) is 5.82 Å². The van der Waals surface area contributed by atoms with Gasteiger partial charge in [0, 0.05) is 16.7 Å². The van der Waals surface area contributed by atoms with Crippen LogP contribution in [-0.4, -0.2) is 11.0 Å². The Balaban J connectivity index is 2.03. The maximum atomic E-state index is 6.04. The minimum Gasteiger partial charge on any atom is -0.366 e. The van der Waals surface area contributed by atoms with Crippen LogP contribution < -0.4 is 5.32 Å². The fourth-order valence-electron chi connectivity index (χ4n) is 1.57. The third-order valence-corrected chi connectivity index (χ3v) is 3.30. The van der Waals surface area contributed by atoms with Gasteiger partial charge in [0.2, 0.25) is 0 Å². The summed E-state index contributed by atoms with van der Waals surface area (Å²) in [7, 11) is 0. The standard InChI is InChI=1S/C10H12BrClN2/c1-2-6-3-9(6)14-10-8(12)4-7(11)5-13-10/h4-6,9H,2-3H2,1H3,(H,13,14). The summed E-state index contributed by atoms with van der Waals surface area (Å²) in [5.41, 5.74) is 0. The number of halogens is 2. The van der Waals surface area contributed by atoms with Crippen molar-refractivity contribution in [3.63, 3.8) is 0 Å². The smallest absolute Gasteiger partial charge is 0.145 e. The van der Waals surface area contributed by atoms with Crippen molar-refractivity contribution in [2.24, 2.45) is 5.92 Å². The van der Waals surface area contributed by atoms with Crippen LogP contribution >= 0.6 is 27.5 Å². The summed E-state index contributed by atoms with van der Waals surface area (Å²) in [6.45, 7) is 2.21. The van der Waals surface area contributed by atoms with E-state index >= 15 is 0 Å². The Bertz CT molecular complexity index is 343. The maximum absolute atomic E-state index is 6.04.